The first-order chi connectivity index (χ1) is 12.0. The van der Waals surface area contributed by atoms with Crippen LogP contribution in [0.1, 0.15) is 47.1 Å². The molecule has 0 spiro atoms. The van der Waals surface area contributed by atoms with Crippen LogP contribution in [0.25, 0.3) is 11.1 Å². The van der Waals surface area contributed by atoms with Crippen LogP contribution in [0.2, 0.25) is 0 Å². The fourth-order valence-corrected chi connectivity index (χ4v) is 2.58. The maximum absolute atomic E-state index is 12.8. The minimum Gasteiger partial charge on any atom is -0.336 e. The van der Waals surface area contributed by atoms with Crippen LogP contribution in [0.4, 0.5) is 5.69 Å². The molecule has 3 aromatic rings. The molecule has 0 radical (unpaired) electrons. The van der Waals surface area contributed by atoms with Gasteiger partial charge in [-0.25, -0.2) is 4.98 Å². The average Bonchev–Trinajstić information content (AvgIpc) is 2.97. The number of aryl methyl sites for hydroxylation is 1. The number of hydrogen-bond donors (Lipinski definition) is 1. The van der Waals surface area contributed by atoms with Crippen molar-refractivity contribution in [2.45, 2.75) is 33.1 Å². The molecular weight excluding hydrogens is 316 g/mol. The number of benzene rings is 1. The van der Waals surface area contributed by atoms with Crippen molar-refractivity contribution in [2.75, 3.05) is 5.32 Å². The SMILES string of the molecule is Cc1noc2nc(C(C)C)cc(C(=O)Nc3ccc(CC#N)cc3)c12. The van der Waals surface area contributed by atoms with Crippen LogP contribution in [-0.4, -0.2) is 16.0 Å². The van der Waals surface area contributed by atoms with Crippen LogP contribution in [0, 0.1) is 18.3 Å². The summed E-state index contributed by atoms with van der Waals surface area (Å²) < 4.78 is 5.25. The van der Waals surface area contributed by atoms with E-state index < -0.39 is 0 Å². The molecule has 0 aliphatic heterocycles. The second-order valence-electron chi connectivity index (χ2n) is 6.18. The summed E-state index contributed by atoms with van der Waals surface area (Å²) in [6.45, 7) is 5.80. The topological polar surface area (TPSA) is 91.8 Å². The van der Waals surface area contributed by atoms with Gasteiger partial charge in [0, 0.05) is 11.4 Å². The van der Waals surface area contributed by atoms with Gasteiger partial charge in [-0.3, -0.25) is 4.79 Å². The molecule has 1 amide bonds. The van der Waals surface area contributed by atoms with Crippen molar-refractivity contribution in [3.05, 3.63) is 52.8 Å². The van der Waals surface area contributed by atoms with E-state index >= 15 is 0 Å². The van der Waals surface area contributed by atoms with Crippen molar-refractivity contribution < 1.29 is 9.32 Å². The van der Waals surface area contributed by atoms with E-state index in [-0.39, 0.29) is 11.8 Å². The Morgan fingerprint density at radius 2 is 2.04 bits per heavy atom. The Hall–Kier alpha value is -3.20. The standard InChI is InChI=1S/C19H18N4O2/c1-11(2)16-10-15(17-12(3)23-25-19(17)22-16)18(24)21-14-6-4-13(5-7-14)8-9-20/h4-7,10-11H,8H2,1-3H3,(H,21,24). The molecule has 2 heterocycles. The van der Waals surface area contributed by atoms with Gasteiger partial charge in [-0.05, 0) is 36.6 Å². The first-order valence-corrected chi connectivity index (χ1v) is 8.03. The van der Waals surface area contributed by atoms with Gasteiger partial charge < -0.3 is 9.84 Å². The quantitative estimate of drug-likeness (QED) is 0.779. The third kappa shape index (κ3) is 3.36. The van der Waals surface area contributed by atoms with Crippen molar-refractivity contribution in [3.8, 4) is 6.07 Å². The van der Waals surface area contributed by atoms with Gasteiger partial charge in [0.25, 0.3) is 11.6 Å². The number of fused-ring (bicyclic) bond motifs is 1. The van der Waals surface area contributed by atoms with E-state index in [0.29, 0.717) is 34.5 Å². The molecule has 1 N–H and O–H groups in total. The minimum absolute atomic E-state index is 0.159. The molecule has 1 aromatic carbocycles. The van der Waals surface area contributed by atoms with Crippen LogP contribution in [-0.2, 0) is 6.42 Å². The predicted octanol–water partition coefficient (Wildman–Crippen LogP) is 3.97. The number of nitrogens with zero attached hydrogens (tertiary/aromatic N) is 3. The fraction of sp³-hybridized carbons (Fsp3) is 0.263. The zero-order valence-electron chi connectivity index (χ0n) is 14.3. The second kappa shape index (κ2) is 6.73. The maximum Gasteiger partial charge on any atom is 0.259 e. The monoisotopic (exact) mass is 334 g/mol. The lowest BCUT2D eigenvalue weighted by atomic mass is 10.0. The van der Waals surface area contributed by atoms with Gasteiger partial charge in [0.1, 0.15) is 0 Å². The number of aromatic nitrogens is 2. The Kier molecular flexibility index (Phi) is 4.48. The normalized spacial score (nSPS) is 10.8. The fourth-order valence-electron chi connectivity index (χ4n) is 2.58. The first kappa shape index (κ1) is 16.7. The minimum atomic E-state index is -0.242. The highest BCUT2D eigenvalue weighted by Crippen LogP contribution is 2.26. The predicted molar refractivity (Wildman–Crippen MR) is 94.3 cm³/mol. The number of pyridine rings is 1. The van der Waals surface area contributed by atoms with Crippen molar-refractivity contribution in [1.29, 1.82) is 5.26 Å². The summed E-state index contributed by atoms with van der Waals surface area (Å²) >= 11 is 0. The summed E-state index contributed by atoms with van der Waals surface area (Å²) in [5, 5.41) is 16.2. The molecule has 0 unspecified atom stereocenters. The number of amides is 1. The smallest absolute Gasteiger partial charge is 0.259 e. The number of carbonyl (C=O) groups excluding carboxylic acids is 1. The van der Waals surface area contributed by atoms with Crippen LogP contribution >= 0.6 is 0 Å². The van der Waals surface area contributed by atoms with E-state index in [0.717, 1.165) is 11.3 Å². The number of hydrogen-bond acceptors (Lipinski definition) is 5. The molecule has 3 rings (SSSR count). The summed E-state index contributed by atoms with van der Waals surface area (Å²) in [4.78, 5) is 17.2. The van der Waals surface area contributed by atoms with E-state index in [1.165, 1.54) is 0 Å². The molecule has 0 bridgehead atoms. The zero-order chi connectivity index (χ0) is 18.0. The van der Waals surface area contributed by atoms with Crippen molar-refractivity contribution in [3.63, 3.8) is 0 Å². The molecule has 25 heavy (non-hydrogen) atoms. The lowest BCUT2D eigenvalue weighted by Crippen LogP contribution is -2.13. The lowest BCUT2D eigenvalue weighted by Gasteiger charge is -2.10. The van der Waals surface area contributed by atoms with Crippen molar-refractivity contribution >= 4 is 22.7 Å². The highest BCUT2D eigenvalue weighted by atomic mass is 16.5. The molecule has 126 valence electrons. The molecule has 2 aromatic heterocycles. The van der Waals surface area contributed by atoms with E-state index in [9.17, 15) is 4.79 Å². The van der Waals surface area contributed by atoms with Gasteiger partial charge in [0.2, 0.25) is 0 Å². The van der Waals surface area contributed by atoms with Crippen molar-refractivity contribution in [2.24, 2.45) is 0 Å². The number of carbonyl (C=O) groups is 1. The Labute approximate surface area is 145 Å². The molecule has 6 heteroatoms. The third-order valence-corrected chi connectivity index (χ3v) is 3.97. The highest BCUT2D eigenvalue weighted by Gasteiger charge is 2.19. The molecule has 0 aliphatic carbocycles. The van der Waals surface area contributed by atoms with Gasteiger partial charge >= 0.3 is 0 Å². The third-order valence-electron chi connectivity index (χ3n) is 3.97. The zero-order valence-corrected chi connectivity index (χ0v) is 14.3. The van der Waals surface area contributed by atoms with Crippen LogP contribution in [0.3, 0.4) is 0 Å². The second-order valence-corrected chi connectivity index (χ2v) is 6.18. The highest BCUT2D eigenvalue weighted by molar-refractivity contribution is 6.12. The van der Waals surface area contributed by atoms with E-state index in [4.69, 9.17) is 9.78 Å². The molecule has 0 saturated heterocycles. The number of anilines is 1. The van der Waals surface area contributed by atoms with Crippen molar-refractivity contribution in [1.82, 2.24) is 10.1 Å². The molecule has 0 fully saturated rings. The molecule has 0 atom stereocenters. The molecule has 0 saturated carbocycles. The average molecular weight is 334 g/mol. The maximum atomic E-state index is 12.8. The summed E-state index contributed by atoms with van der Waals surface area (Å²) in [6.07, 6.45) is 0.344. The van der Waals surface area contributed by atoms with Crippen LogP contribution in [0.5, 0.6) is 0 Å². The lowest BCUT2D eigenvalue weighted by molar-refractivity contribution is 0.102. The van der Waals surface area contributed by atoms with E-state index in [1.54, 1.807) is 25.1 Å². The van der Waals surface area contributed by atoms with E-state index in [2.05, 4.69) is 21.5 Å². The number of nitrogens with one attached hydrogen (secondary N) is 1. The van der Waals surface area contributed by atoms with Gasteiger partial charge in [-0.15, -0.1) is 0 Å². The summed E-state index contributed by atoms with van der Waals surface area (Å²) in [6, 6.07) is 11.1. The summed E-state index contributed by atoms with van der Waals surface area (Å²) in [7, 11) is 0. The van der Waals surface area contributed by atoms with Gasteiger partial charge in [0.15, 0.2) is 0 Å². The van der Waals surface area contributed by atoms with E-state index in [1.807, 2.05) is 26.0 Å². The Morgan fingerprint density at radius 3 is 2.68 bits per heavy atom. The summed E-state index contributed by atoms with van der Waals surface area (Å²) in [5.41, 5.74) is 3.85. The number of rotatable bonds is 4. The largest absolute Gasteiger partial charge is 0.336 e. The molecular formula is C19H18N4O2. The first-order valence-electron chi connectivity index (χ1n) is 8.03. The van der Waals surface area contributed by atoms with Gasteiger partial charge in [0.05, 0.1) is 29.1 Å². The Bertz CT molecular complexity index is 965. The van der Waals surface area contributed by atoms with Gasteiger partial charge in [-0.1, -0.05) is 31.1 Å². The summed E-state index contributed by atoms with van der Waals surface area (Å²) in [5.74, 6) is -0.0831. The van der Waals surface area contributed by atoms with Gasteiger partial charge in [-0.2, -0.15) is 5.26 Å². The Balaban J connectivity index is 1.96. The van der Waals surface area contributed by atoms with Crippen LogP contribution in [0.15, 0.2) is 34.9 Å². The molecule has 6 nitrogen and oxygen atoms in total. The van der Waals surface area contributed by atoms with Crippen LogP contribution < -0.4 is 5.32 Å². The Morgan fingerprint density at radius 1 is 1.32 bits per heavy atom. The molecule has 0 aliphatic rings. The number of nitriles is 1.